The van der Waals surface area contributed by atoms with Gasteiger partial charge in [0.2, 0.25) is 0 Å². The molecule has 0 radical (unpaired) electrons. The molecule has 10 rings (SSSR count). The first kappa shape index (κ1) is 47.9. The third-order valence-electron chi connectivity index (χ3n) is 17.6. The summed E-state index contributed by atoms with van der Waals surface area (Å²) in [6.07, 6.45) is 6.08. The molecule has 1 aromatic heterocycles. The summed E-state index contributed by atoms with van der Waals surface area (Å²) in [5.74, 6) is 0.772. The van der Waals surface area contributed by atoms with Crippen LogP contribution in [0.4, 0.5) is 10.5 Å². The van der Waals surface area contributed by atoms with Gasteiger partial charge in [-0.15, -0.1) is 0 Å². The summed E-state index contributed by atoms with van der Waals surface area (Å²) in [4.78, 5) is 53.5. The van der Waals surface area contributed by atoms with Gasteiger partial charge in [-0.2, -0.15) is 0 Å². The standard InChI is InChI=1S/C55H70N6O9/c1-10-52(58-51(65)61-29-34-23-43(67-7)44(68-8)24-35(34)30-61)27-32(3)28-55(50(64)69-9,46-37(17-20-56-31-52)36-15-12-13-16-40(36)57-46)39-25-38-41(26-42(39)66-6)59(5)47-45(63)48(70-33(4)62)53(11-2)18-14-21-60-22-19-54(38,47)49(53)60/h12-16,18,23-26,32,45,47-49,56-57,63H,10-11,17,19-22,27-31H2,1-9H3,(H,58,65)/t32-,45+,47?,48+,49+,52?,53+,54+,55+/m1/s1. The first-order valence-electron chi connectivity index (χ1n) is 25.1. The van der Waals surface area contributed by atoms with E-state index in [9.17, 15) is 14.7 Å². The van der Waals surface area contributed by atoms with Gasteiger partial charge in [-0.05, 0) is 104 Å². The number of hydrogen-bond acceptors (Lipinski definition) is 12. The van der Waals surface area contributed by atoms with Crippen LogP contribution in [-0.4, -0.2) is 129 Å². The lowest BCUT2D eigenvalue weighted by molar-refractivity contribution is -0.184. The zero-order valence-electron chi connectivity index (χ0n) is 42.2. The Balaban J connectivity index is 1.12. The normalized spacial score (nSPS) is 31.1. The number of aliphatic hydroxyl groups is 1. The Kier molecular flexibility index (Phi) is 12.2. The van der Waals surface area contributed by atoms with Crippen LogP contribution in [0.1, 0.15) is 93.3 Å². The van der Waals surface area contributed by atoms with E-state index in [1.54, 1.807) is 21.3 Å². The van der Waals surface area contributed by atoms with Crippen molar-refractivity contribution in [3.05, 3.63) is 94.2 Å². The number of benzene rings is 3. The van der Waals surface area contributed by atoms with Crippen molar-refractivity contribution >= 4 is 34.6 Å². The summed E-state index contributed by atoms with van der Waals surface area (Å²) in [5, 5.41) is 21.1. The SMILES string of the molecule is CCC1(NC(=O)N2Cc3cc(OC)c(OC)cc3C2)CNCCc2c([nH]c3ccccc23)[C@@](C(=O)OC)(c2cc3c(cc2OC)N(C)C2[C@H](O)[C@H](OC(C)=O)[C@]4(CC)C=CCN5CC[C@]32[C@@H]54)C[C@H](C)C1. The zero-order chi connectivity index (χ0) is 49.5. The third kappa shape index (κ3) is 6.95. The molecule has 1 aliphatic carbocycles. The Bertz CT molecular complexity index is 2720. The lowest BCUT2D eigenvalue weighted by Crippen LogP contribution is -2.74. The molecule has 15 heteroatoms. The molecule has 0 bridgehead atoms. The van der Waals surface area contributed by atoms with Crippen molar-refractivity contribution < 1.29 is 43.2 Å². The summed E-state index contributed by atoms with van der Waals surface area (Å²) in [7, 11) is 8.37. The smallest absolute Gasteiger partial charge is 0.322 e. The fourth-order valence-corrected chi connectivity index (χ4v) is 14.7. The van der Waals surface area contributed by atoms with E-state index in [1.807, 2.05) is 36.2 Å². The zero-order valence-corrected chi connectivity index (χ0v) is 42.2. The van der Waals surface area contributed by atoms with Crippen LogP contribution in [0.2, 0.25) is 0 Å². The topological polar surface area (TPSA) is 167 Å². The average Bonchev–Trinajstić information content (AvgIpc) is 4.13. The van der Waals surface area contributed by atoms with E-state index in [1.165, 1.54) is 14.0 Å². The summed E-state index contributed by atoms with van der Waals surface area (Å²) >= 11 is 0. The molecule has 3 aromatic carbocycles. The number of aromatic nitrogens is 1. The monoisotopic (exact) mass is 959 g/mol. The number of anilines is 1. The van der Waals surface area contributed by atoms with Crippen molar-refractivity contribution in [3.63, 3.8) is 0 Å². The van der Waals surface area contributed by atoms with E-state index < -0.39 is 52.0 Å². The van der Waals surface area contributed by atoms with Gasteiger partial charge < -0.3 is 54.2 Å². The van der Waals surface area contributed by atoms with Gasteiger partial charge in [0.05, 0.1) is 40.0 Å². The molecule has 1 spiro atoms. The first-order chi connectivity index (χ1) is 33.7. The van der Waals surface area contributed by atoms with E-state index in [0.717, 1.165) is 64.0 Å². The Hall–Kier alpha value is -5.77. The van der Waals surface area contributed by atoms with Crippen molar-refractivity contribution in [2.75, 3.05) is 66.6 Å². The largest absolute Gasteiger partial charge is 0.496 e. The van der Waals surface area contributed by atoms with Crippen molar-refractivity contribution in [3.8, 4) is 17.2 Å². The van der Waals surface area contributed by atoms with Gasteiger partial charge in [0, 0.05) is 90.9 Å². The van der Waals surface area contributed by atoms with E-state index in [-0.39, 0.29) is 18.0 Å². The molecule has 6 heterocycles. The van der Waals surface area contributed by atoms with Crippen molar-refractivity contribution in [2.24, 2.45) is 11.3 Å². The summed E-state index contributed by atoms with van der Waals surface area (Å²) in [6.45, 7) is 11.3. The van der Waals surface area contributed by atoms with E-state index in [0.29, 0.717) is 81.1 Å². The molecule has 374 valence electrons. The maximum atomic E-state index is 15.7. The second kappa shape index (κ2) is 17.8. The number of carbonyl (C=O) groups excluding carboxylic acids is 3. The van der Waals surface area contributed by atoms with Crippen LogP contribution in [0.15, 0.2) is 60.7 Å². The number of para-hydroxylation sites is 1. The Labute approximate surface area is 411 Å². The lowest BCUT2D eigenvalue weighted by atomic mass is 9.51. The van der Waals surface area contributed by atoms with Crippen molar-refractivity contribution in [1.29, 1.82) is 0 Å². The Morgan fingerprint density at radius 1 is 0.914 bits per heavy atom. The van der Waals surface area contributed by atoms with Crippen LogP contribution in [0.5, 0.6) is 17.2 Å². The number of hydrogen-bond donors (Lipinski definition) is 4. The maximum Gasteiger partial charge on any atom is 0.322 e. The molecule has 15 nitrogen and oxygen atoms in total. The van der Waals surface area contributed by atoms with E-state index in [2.05, 4.69) is 82.6 Å². The summed E-state index contributed by atoms with van der Waals surface area (Å²) < 4.78 is 29.9. The van der Waals surface area contributed by atoms with Crippen LogP contribution in [0.25, 0.3) is 10.9 Å². The number of nitrogens with zero attached hydrogens (tertiary/aromatic N) is 3. The number of rotatable bonds is 9. The number of nitrogens with one attached hydrogen (secondary N) is 3. The Morgan fingerprint density at radius 3 is 2.29 bits per heavy atom. The fourth-order valence-electron chi connectivity index (χ4n) is 14.7. The van der Waals surface area contributed by atoms with Gasteiger partial charge in [0.1, 0.15) is 23.4 Å². The third-order valence-corrected chi connectivity index (χ3v) is 17.6. The minimum atomic E-state index is -1.43. The molecule has 9 atom stereocenters. The molecular weight excluding hydrogens is 889 g/mol. The summed E-state index contributed by atoms with van der Waals surface area (Å²) in [5.41, 5.74) is 3.94. The van der Waals surface area contributed by atoms with Gasteiger partial charge in [-0.25, -0.2) is 4.79 Å². The quantitative estimate of drug-likeness (QED) is 0.107. The van der Waals surface area contributed by atoms with Crippen LogP contribution in [-0.2, 0) is 49.4 Å². The average molecular weight is 959 g/mol. The van der Waals surface area contributed by atoms with Gasteiger partial charge in [-0.3, -0.25) is 14.5 Å². The van der Waals surface area contributed by atoms with Crippen LogP contribution < -0.4 is 29.7 Å². The predicted molar refractivity (Wildman–Crippen MR) is 267 cm³/mol. The van der Waals surface area contributed by atoms with E-state index in [4.69, 9.17) is 23.7 Å². The highest BCUT2D eigenvalue weighted by Crippen LogP contribution is 2.66. The number of likely N-dealkylation sites (N-methyl/N-ethyl adjacent to an activating group) is 1. The molecular formula is C55H70N6O9. The minimum absolute atomic E-state index is 0.116. The number of fused-ring (bicyclic) bond motifs is 5. The number of aromatic amines is 1. The van der Waals surface area contributed by atoms with Crippen LogP contribution >= 0.6 is 0 Å². The number of esters is 2. The number of ether oxygens (including phenoxy) is 5. The molecule has 4 aromatic rings. The van der Waals surface area contributed by atoms with Gasteiger partial charge in [-0.1, -0.05) is 51.1 Å². The number of amides is 2. The van der Waals surface area contributed by atoms with Gasteiger partial charge >= 0.3 is 18.0 Å². The van der Waals surface area contributed by atoms with Crippen molar-refractivity contribution in [2.45, 2.75) is 120 Å². The molecule has 2 unspecified atom stereocenters. The molecule has 6 aliphatic rings. The number of methoxy groups -OCH3 is 4. The lowest BCUT2D eigenvalue weighted by Gasteiger charge is -2.60. The highest BCUT2D eigenvalue weighted by atomic mass is 16.6. The van der Waals surface area contributed by atoms with E-state index >= 15 is 4.79 Å². The molecule has 4 N–H and O–H groups in total. The Morgan fingerprint density at radius 2 is 1.63 bits per heavy atom. The molecule has 70 heavy (non-hydrogen) atoms. The van der Waals surface area contributed by atoms with Crippen LogP contribution in [0, 0.1) is 11.3 Å². The second-order valence-corrected chi connectivity index (χ2v) is 21.0. The van der Waals surface area contributed by atoms with Gasteiger partial charge in [0.15, 0.2) is 11.5 Å². The number of carbonyl (C=O) groups is 3. The van der Waals surface area contributed by atoms with Crippen molar-refractivity contribution in [1.82, 2.24) is 25.4 Å². The minimum Gasteiger partial charge on any atom is -0.496 e. The van der Waals surface area contributed by atoms with Gasteiger partial charge in [0.25, 0.3) is 0 Å². The fraction of sp³-hybridized carbons (Fsp3) is 0.545. The molecule has 2 fully saturated rings. The maximum absolute atomic E-state index is 15.7. The van der Waals surface area contributed by atoms with Crippen LogP contribution in [0.3, 0.4) is 0 Å². The molecule has 5 aliphatic heterocycles. The highest BCUT2D eigenvalue weighted by Gasteiger charge is 2.73. The number of aliphatic hydroxyl groups excluding tert-OH is 1. The first-order valence-corrected chi connectivity index (χ1v) is 25.1. The molecule has 1 saturated carbocycles. The highest BCUT2D eigenvalue weighted by molar-refractivity contribution is 5.94. The predicted octanol–water partition coefficient (Wildman–Crippen LogP) is 6.49. The molecule has 1 saturated heterocycles. The second-order valence-electron chi connectivity index (χ2n) is 21.0. The summed E-state index contributed by atoms with van der Waals surface area (Å²) in [6, 6.07) is 15.7. The number of H-pyrrole nitrogens is 1. The number of urea groups is 1. The molecule has 2 amide bonds.